The van der Waals surface area contributed by atoms with Gasteiger partial charge in [-0.15, -0.1) is 0 Å². The Morgan fingerprint density at radius 3 is 2.76 bits per heavy atom. The zero-order valence-electron chi connectivity index (χ0n) is 12.6. The third-order valence-corrected chi connectivity index (χ3v) is 2.91. The highest BCUT2D eigenvalue weighted by Gasteiger charge is 2.14. The molecule has 0 aliphatic heterocycles. The fourth-order valence-corrected chi connectivity index (χ4v) is 1.79. The Balaban J connectivity index is 2.24. The summed E-state index contributed by atoms with van der Waals surface area (Å²) in [6, 6.07) is 3.88. The van der Waals surface area contributed by atoms with Gasteiger partial charge in [-0.05, 0) is 18.6 Å². The molecule has 0 radical (unpaired) electrons. The predicted octanol–water partition coefficient (Wildman–Crippen LogP) is 2.59. The number of nitrogen functional groups attached to an aromatic ring is 1. The molecule has 0 saturated heterocycles. The van der Waals surface area contributed by atoms with E-state index in [0.29, 0.717) is 36.4 Å². The van der Waals surface area contributed by atoms with E-state index in [2.05, 4.69) is 20.3 Å². The molecule has 0 aliphatic carbocycles. The molecule has 0 spiro atoms. The standard InChI is InChI=1S/C15H21N5O/c1-4-21-15-12(16)14(19-13(20-15)10(2)3)18-9-11-6-5-7-17-8-11/h5-8,10H,4,9,16H2,1-3H3,(H,18,19,20). The van der Waals surface area contributed by atoms with Crippen molar-refractivity contribution in [2.75, 3.05) is 17.7 Å². The molecule has 2 rings (SSSR count). The first-order chi connectivity index (χ1) is 10.1. The predicted molar refractivity (Wildman–Crippen MR) is 83.3 cm³/mol. The maximum absolute atomic E-state index is 6.07. The summed E-state index contributed by atoms with van der Waals surface area (Å²) in [6.45, 7) is 7.08. The average Bonchev–Trinajstić information content (AvgIpc) is 2.49. The minimum atomic E-state index is 0.198. The molecular formula is C15H21N5O. The van der Waals surface area contributed by atoms with Crippen molar-refractivity contribution in [1.82, 2.24) is 15.0 Å². The van der Waals surface area contributed by atoms with E-state index in [1.54, 1.807) is 12.4 Å². The van der Waals surface area contributed by atoms with Gasteiger partial charge in [0.2, 0.25) is 5.88 Å². The molecule has 0 unspecified atom stereocenters. The molecule has 0 saturated carbocycles. The molecule has 0 atom stereocenters. The van der Waals surface area contributed by atoms with Crippen LogP contribution in [0.15, 0.2) is 24.5 Å². The Kier molecular flexibility index (Phi) is 4.92. The quantitative estimate of drug-likeness (QED) is 0.849. The molecule has 2 aromatic heterocycles. The van der Waals surface area contributed by atoms with Gasteiger partial charge in [0, 0.05) is 24.9 Å². The van der Waals surface area contributed by atoms with Crippen LogP contribution in [0.4, 0.5) is 11.5 Å². The van der Waals surface area contributed by atoms with Crippen LogP contribution in [0.1, 0.15) is 38.1 Å². The van der Waals surface area contributed by atoms with Gasteiger partial charge < -0.3 is 15.8 Å². The lowest BCUT2D eigenvalue weighted by atomic mass is 10.2. The highest BCUT2D eigenvalue weighted by molar-refractivity contribution is 5.67. The van der Waals surface area contributed by atoms with Crippen molar-refractivity contribution in [3.05, 3.63) is 35.9 Å². The monoisotopic (exact) mass is 287 g/mol. The van der Waals surface area contributed by atoms with Gasteiger partial charge in [-0.3, -0.25) is 4.98 Å². The van der Waals surface area contributed by atoms with Crippen molar-refractivity contribution >= 4 is 11.5 Å². The van der Waals surface area contributed by atoms with Crippen LogP contribution in [0.5, 0.6) is 5.88 Å². The van der Waals surface area contributed by atoms with Crippen molar-refractivity contribution in [3.8, 4) is 5.88 Å². The lowest BCUT2D eigenvalue weighted by Gasteiger charge is -2.14. The summed E-state index contributed by atoms with van der Waals surface area (Å²) in [5.41, 5.74) is 7.56. The van der Waals surface area contributed by atoms with E-state index in [-0.39, 0.29) is 5.92 Å². The number of aromatic nitrogens is 3. The summed E-state index contributed by atoms with van der Waals surface area (Å²) in [5.74, 6) is 1.94. The first-order valence-electron chi connectivity index (χ1n) is 7.04. The number of rotatable bonds is 6. The Morgan fingerprint density at radius 1 is 1.33 bits per heavy atom. The number of ether oxygens (including phenoxy) is 1. The van der Waals surface area contributed by atoms with Crippen molar-refractivity contribution in [2.24, 2.45) is 0 Å². The minimum Gasteiger partial charge on any atom is -0.476 e. The van der Waals surface area contributed by atoms with E-state index in [0.717, 1.165) is 5.56 Å². The fourth-order valence-electron chi connectivity index (χ4n) is 1.79. The molecule has 2 aromatic rings. The minimum absolute atomic E-state index is 0.198. The molecular weight excluding hydrogens is 266 g/mol. The van der Waals surface area contributed by atoms with Crippen molar-refractivity contribution in [3.63, 3.8) is 0 Å². The Morgan fingerprint density at radius 2 is 2.14 bits per heavy atom. The molecule has 0 aromatic carbocycles. The summed E-state index contributed by atoms with van der Waals surface area (Å²) in [7, 11) is 0. The number of anilines is 2. The average molecular weight is 287 g/mol. The van der Waals surface area contributed by atoms with Crippen LogP contribution in [0.25, 0.3) is 0 Å². The van der Waals surface area contributed by atoms with Crippen molar-refractivity contribution < 1.29 is 4.74 Å². The van der Waals surface area contributed by atoms with E-state index in [9.17, 15) is 0 Å². The molecule has 21 heavy (non-hydrogen) atoms. The van der Waals surface area contributed by atoms with Crippen LogP contribution in [-0.4, -0.2) is 21.6 Å². The largest absolute Gasteiger partial charge is 0.476 e. The maximum atomic E-state index is 6.07. The molecule has 2 heterocycles. The second kappa shape index (κ2) is 6.88. The maximum Gasteiger partial charge on any atom is 0.242 e. The second-order valence-electron chi connectivity index (χ2n) is 4.95. The van der Waals surface area contributed by atoms with E-state index in [4.69, 9.17) is 10.5 Å². The van der Waals surface area contributed by atoms with Crippen LogP contribution in [0.3, 0.4) is 0 Å². The molecule has 3 N–H and O–H groups in total. The van der Waals surface area contributed by atoms with E-state index < -0.39 is 0 Å². The van der Waals surface area contributed by atoms with Crippen molar-refractivity contribution in [1.29, 1.82) is 0 Å². The third kappa shape index (κ3) is 3.81. The van der Waals surface area contributed by atoms with E-state index in [1.807, 2.05) is 32.9 Å². The van der Waals surface area contributed by atoms with Gasteiger partial charge in [0.05, 0.1) is 6.61 Å². The number of pyridine rings is 1. The topological polar surface area (TPSA) is 86.0 Å². The Hall–Kier alpha value is -2.37. The molecule has 112 valence electrons. The summed E-state index contributed by atoms with van der Waals surface area (Å²) in [4.78, 5) is 12.9. The van der Waals surface area contributed by atoms with E-state index in [1.165, 1.54) is 0 Å². The van der Waals surface area contributed by atoms with Crippen molar-refractivity contribution in [2.45, 2.75) is 33.2 Å². The Labute approximate surface area is 124 Å². The number of hydrogen-bond acceptors (Lipinski definition) is 6. The number of nitrogens with one attached hydrogen (secondary N) is 1. The highest BCUT2D eigenvalue weighted by atomic mass is 16.5. The first-order valence-corrected chi connectivity index (χ1v) is 7.04. The number of nitrogens with two attached hydrogens (primary N) is 1. The zero-order chi connectivity index (χ0) is 15.2. The molecule has 0 fully saturated rings. The van der Waals surface area contributed by atoms with Crippen LogP contribution in [0, 0.1) is 0 Å². The van der Waals surface area contributed by atoms with Crippen LogP contribution >= 0.6 is 0 Å². The summed E-state index contributed by atoms with van der Waals surface area (Å²) in [5, 5.41) is 3.23. The Bertz CT molecular complexity index is 586. The van der Waals surface area contributed by atoms with Gasteiger partial charge in [0.15, 0.2) is 5.82 Å². The van der Waals surface area contributed by atoms with Crippen LogP contribution < -0.4 is 15.8 Å². The zero-order valence-corrected chi connectivity index (χ0v) is 12.6. The smallest absolute Gasteiger partial charge is 0.242 e. The van der Waals surface area contributed by atoms with E-state index >= 15 is 0 Å². The van der Waals surface area contributed by atoms with Crippen LogP contribution in [0.2, 0.25) is 0 Å². The lowest BCUT2D eigenvalue weighted by Crippen LogP contribution is -2.11. The molecule has 0 aliphatic rings. The van der Waals surface area contributed by atoms with Gasteiger partial charge in [-0.1, -0.05) is 19.9 Å². The molecule has 6 heteroatoms. The second-order valence-corrected chi connectivity index (χ2v) is 4.95. The summed E-state index contributed by atoms with van der Waals surface area (Å²) < 4.78 is 5.49. The summed E-state index contributed by atoms with van der Waals surface area (Å²) in [6.07, 6.45) is 3.55. The highest BCUT2D eigenvalue weighted by Crippen LogP contribution is 2.28. The van der Waals surface area contributed by atoms with Gasteiger partial charge in [0.25, 0.3) is 0 Å². The molecule has 0 bridgehead atoms. The number of hydrogen-bond donors (Lipinski definition) is 2. The van der Waals surface area contributed by atoms with Crippen LogP contribution in [-0.2, 0) is 6.54 Å². The van der Waals surface area contributed by atoms with Gasteiger partial charge in [0.1, 0.15) is 11.5 Å². The normalized spacial score (nSPS) is 10.7. The lowest BCUT2D eigenvalue weighted by molar-refractivity contribution is 0.326. The third-order valence-electron chi connectivity index (χ3n) is 2.91. The first kappa shape index (κ1) is 15.0. The summed E-state index contributed by atoms with van der Waals surface area (Å²) >= 11 is 0. The number of nitrogens with zero attached hydrogens (tertiary/aromatic N) is 3. The molecule has 0 amide bonds. The van der Waals surface area contributed by atoms with Gasteiger partial charge in [-0.25, -0.2) is 4.98 Å². The fraction of sp³-hybridized carbons (Fsp3) is 0.400. The van der Waals surface area contributed by atoms with Gasteiger partial charge in [-0.2, -0.15) is 4.98 Å². The molecule has 6 nitrogen and oxygen atoms in total. The SMILES string of the molecule is CCOc1nc(C(C)C)nc(NCc2cccnc2)c1N. The van der Waals surface area contributed by atoms with Gasteiger partial charge >= 0.3 is 0 Å².